The molecule has 3 unspecified atom stereocenters. The van der Waals surface area contributed by atoms with Gasteiger partial charge >= 0.3 is 0 Å². The van der Waals surface area contributed by atoms with Crippen LogP contribution in [0.15, 0.2) is 42.5 Å². The average molecular weight is 387 g/mol. The highest BCUT2D eigenvalue weighted by molar-refractivity contribution is 6.31. The summed E-state index contributed by atoms with van der Waals surface area (Å²) in [4.78, 5) is 0. The predicted octanol–water partition coefficient (Wildman–Crippen LogP) is 4.56. The third-order valence-electron chi connectivity index (χ3n) is 6.07. The maximum Gasteiger partial charge on any atom is 0.0854 e. The maximum atomic E-state index is 10.1. The lowest BCUT2D eigenvalue weighted by Crippen LogP contribution is -2.33. The van der Waals surface area contributed by atoms with Gasteiger partial charge in [-0.25, -0.2) is 0 Å². The van der Waals surface area contributed by atoms with E-state index in [1.54, 1.807) is 0 Å². The lowest BCUT2D eigenvalue weighted by atomic mass is 9.93. The van der Waals surface area contributed by atoms with Crippen LogP contribution in [-0.2, 0) is 16.6 Å². The van der Waals surface area contributed by atoms with E-state index in [9.17, 15) is 10.2 Å². The highest BCUT2D eigenvalue weighted by atomic mass is 35.5. The van der Waals surface area contributed by atoms with Gasteiger partial charge in [0.25, 0.3) is 0 Å². The van der Waals surface area contributed by atoms with Crippen molar-refractivity contribution in [2.24, 2.45) is 0 Å². The Morgan fingerprint density at radius 3 is 2.52 bits per heavy atom. The molecule has 0 radical (unpaired) electrons. The molecule has 27 heavy (non-hydrogen) atoms. The van der Waals surface area contributed by atoms with Crippen molar-refractivity contribution in [3.8, 4) is 0 Å². The van der Waals surface area contributed by atoms with Crippen molar-refractivity contribution in [2.45, 2.75) is 62.8 Å². The first kappa shape index (κ1) is 18.9. The lowest BCUT2D eigenvalue weighted by molar-refractivity contribution is -0.113. The maximum absolute atomic E-state index is 10.1. The highest BCUT2D eigenvalue weighted by Crippen LogP contribution is 2.47. The molecule has 2 N–H and O–H groups in total. The van der Waals surface area contributed by atoms with Crippen LogP contribution < -0.4 is 0 Å². The Hall–Kier alpha value is -1.39. The minimum Gasteiger partial charge on any atom is -0.394 e. The van der Waals surface area contributed by atoms with E-state index in [2.05, 4.69) is 37.3 Å². The minimum absolute atomic E-state index is 0.0702. The minimum atomic E-state index is -0.448. The summed E-state index contributed by atoms with van der Waals surface area (Å²) in [6.45, 7) is 2.25. The monoisotopic (exact) mass is 386 g/mol. The zero-order valence-corrected chi connectivity index (χ0v) is 16.5. The summed E-state index contributed by atoms with van der Waals surface area (Å²) in [5.41, 5.74) is 5.11. The molecule has 0 spiro atoms. The Balaban J connectivity index is 1.52. The number of aliphatic hydroxyl groups excluding tert-OH is 2. The molecule has 1 aliphatic heterocycles. The summed E-state index contributed by atoms with van der Waals surface area (Å²) >= 11 is 6.45. The second-order valence-electron chi connectivity index (χ2n) is 8.34. The van der Waals surface area contributed by atoms with Crippen LogP contribution in [0.5, 0.6) is 0 Å². The molecule has 2 aromatic carbocycles. The number of ether oxygens (including phenoxy) is 1. The van der Waals surface area contributed by atoms with Gasteiger partial charge in [-0.2, -0.15) is 0 Å². The highest BCUT2D eigenvalue weighted by Gasteiger charge is 2.38. The molecule has 2 aliphatic rings. The molecule has 0 amide bonds. The van der Waals surface area contributed by atoms with Crippen molar-refractivity contribution in [3.05, 3.63) is 69.7 Å². The van der Waals surface area contributed by atoms with Crippen LogP contribution in [0.3, 0.4) is 0 Å². The number of rotatable bonds is 5. The van der Waals surface area contributed by atoms with Crippen LogP contribution in [0.4, 0.5) is 0 Å². The van der Waals surface area contributed by atoms with E-state index in [1.165, 1.54) is 24.0 Å². The van der Waals surface area contributed by atoms with Crippen molar-refractivity contribution >= 4 is 11.6 Å². The Morgan fingerprint density at radius 1 is 1.11 bits per heavy atom. The van der Waals surface area contributed by atoms with Crippen molar-refractivity contribution < 1.29 is 14.9 Å². The van der Waals surface area contributed by atoms with E-state index in [-0.39, 0.29) is 18.8 Å². The number of aliphatic hydroxyl groups is 2. The zero-order valence-electron chi connectivity index (χ0n) is 15.7. The Kier molecular flexibility index (Phi) is 5.30. The summed E-state index contributed by atoms with van der Waals surface area (Å²) in [6, 6.07) is 14.8. The lowest BCUT2D eigenvalue weighted by Gasteiger charge is -2.32. The van der Waals surface area contributed by atoms with E-state index in [1.807, 2.05) is 12.1 Å². The van der Waals surface area contributed by atoms with E-state index >= 15 is 0 Å². The van der Waals surface area contributed by atoms with E-state index in [0.717, 1.165) is 22.6 Å². The third-order valence-corrected chi connectivity index (χ3v) is 6.44. The van der Waals surface area contributed by atoms with Gasteiger partial charge in [-0.15, -0.1) is 0 Å². The molecule has 3 atom stereocenters. The van der Waals surface area contributed by atoms with Crippen LogP contribution in [0.1, 0.15) is 61.0 Å². The van der Waals surface area contributed by atoms with Gasteiger partial charge in [0, 0.05) is 17.9 Å². The molecule has 1 aliphatic carbocycles. The van der Waals surface area contributed by atoms with Crippen LogP contribution in [0.25, 0.3) is 0 Å². The second kappa shape index (κ2) is 7.56. The topological polar surface area (TPSA) is 49.7 Å². The molecule has 4 heteroatoms. The standard InChI is InChI=1S/C23H27ClO3/c1-23(8-9-23)18-5-2-15(3-6-18)10-17-11-16(4-7-21(17)24)22-13-19(26)12-20(14-25)27-22/h2-7,11,19-20,22,25-26H,8-10,12-14H2,1H3. The number of hydrogen-bond acceptors (Lipinski definition) is 3. The van der Waals surface area contributed by atoms with Crippen molar-refractivity contribution in [1.82, 2.24) is 0 Å². The number of benzene rings is 2. The summed E-state index contributed by atoms with van der Waals surface area (Å²) in [6.07, 6.45) is 3.39. The second-order valence-corrected chi connectivity index (χ2v) is 8.75. The molecule has 1 heterocycles. The molecule has 0 bridgehead atoms. The van der Waals surface area contributed by atoms with Crippen LogP contribution in [-0.4, -0.2) is 29.0 Å². The Labute approximate surface area is 165 Å². The molecule has 0 aromatic heterocycles. The van der Waals surface area contributed by atoms with Gasteiger partial charge in [0.05, 0.1) is 24.9 Å². The first-order valence-corrected chi connectivity index (χ1v) is 10.2. The first-order chi connectivity index (χ1) is 13.0. The molecule has 1 saturated carbocycles. The SMILES string of the molecule is CC1(c2ccc(Cc3cc(C4CC(O)CC(CO)O4)ccc3Cl)cc2)CC1. The third kappa shape index (κ3) is 4.22. The molecule has 4 rings (SSSR count). The van der Waals surface area contributed by atoms with Gasteiger partial charge in [-0.1, -0.05) is 54.9 Å². The molecular weight excluding hydrogens is 360 g/mol. The number of hydrogen-bond donors (Lipinski definition) is 2. The summed E-state index contributed by atoms with van der Waals surface area (Å²) in [5.74, 6) is 0. The molecule has 2 aromatic rings. The van der Waals surface area contributed by atoms with Crippen molar-refractivity contribution in [1.29, 1.82) is 0 Å². The van der Waals surface area contributed by atoms with Gasteiger partial charge in [-0.3, -0.25) is 0 Å². The fourth-order valence-corrected chi connectivity index (χ4v) is 4.16. The zero-order chi connectivity index (χ0) is 19.0. The fourth-order valence-electron chi connectivity index (χ4n) is 3.97. The molecule has 2 fully saturated rings. The van der Waals surface area contributed by atoms with Gasteiger partial charge in [0.1, 0.15) is 0 Å². The van der Waals surface area contributed by atoms with E-state index in [4.69, 9.17) is 16.3 Å². The predicted molar refractivity (Wildman–Crippen MR) is 107 cm³/mol. The van der Waals surface area contributed by atoms with Gasteiger partial charge in [-0.05, 0) is 53.0 Å². The van der Waals surface area contributed by atoms with Gasteiger partial charge < -0.3 is 14.9 Å². The van der Waals surface area contributed by atoms with E-state index in [0.29, 0.717) is 18.3 Å². The molecule has 1 saturated heterocycles. The average Bonchev–Trinajstić information content (AvgIpc) is 3.42. The smallest absolute Gasteiger partial charge is 0.0854 e. The summed E-state index contributed by atoms with van der Waals surface area (Å²) in [5, 5.41) is 20.2. The first-order valence-electron chi connectivity index (χ1n) is 9.79. The van der Waals surface area contributed by atoms with Crippen LogP contribution in [0.2, 0.25) is 5.02 Å². The number of halogens is 1. The fraction of sp³-hybridized carbons (Fsp3) is 0.478. The van der Waals surface area contributed by atoms with Crippen LogP contribution in [0, 0.1) is 0 Å². The molecular formula is C23H27ClO3. The molecule has 144 valence electrons. The van der Waals surface area contributed by atoms with Gasteiger partial charge in [0.15, 0.2) is 0 Å². The Morgan fingerprint density at radius 2 is 1.85 bits per heavy atom. The largest absolute Gasteiger partial charge is 0.394 e. The molecule has 3 nitrogen and oxygen atoms in total. The van der Waals surface area contributed by atoms with Crippen LogP contribution >= 0.6 is 11.6 Å². The normalized spacial score (nSPS) is 26.7. The van der Waals surface area contributed by atoms with Gasteiger partial charge in [0.2, 0.25) is 0 Å². The summed E-state index contributed by atoms with van der Waals surface area (Å²) in [7, 11) is 0. The van der Waals surface area contributed by atoms with E-state index < -0.39 is 6.10 Å². The Bertz CT molecular complexity index is 798. The summed E-state index contributed by atoms with van der Waals surface area (Å²) < 4.78 is 5.94. The van der Waals surface area contributed by atoms with Crippen molar-refractivity contribution in [2.75, 3.05) is 6.61 Å². The van der Waals surface area contributed by atoms with Crippen molar-refractivity contribution in [3.63, 3.8) is 0 Å². The quantitative estimate of drug-likeness (QED) is 0.792.